The van der Waals surface area contributed by atoms with Gasteiger partial charge in [0.15, 0.2) is 11.4 Å². The Morgan fingerprint density at radius 3 is 2.73 bits per heavy atom. The molecule has 6 heteroatoms. The van der Waals surface area contributed by atoms with Crippen molar-refractivity contribution in [2.45, 2.75) is 46.6 Å². The molecule has 0 unspecified atom stereocenters. The first-order valence-electron chi connectivity index (χ1n) is 9.05. The van der Waals surface area contributed by atoms with E-state index in [0.717, 1.165) is 59.3 Å². The van der Waals surface area contributed by atoms with Crippen molar-refractivity contribution in [1.29, 1.82) is 0 Å². The van der Waals surface area contributed by atoms with Gasteiger partial charge in [-0.25, -0.2) is 9.97 Å². The molecule has 0 fully saturated rings. The van der Waals surface area contributed by atoms with E-state index >= 15 is 0 Å². The molecule has 0 atom stereocenters. The summed E-state index contributed by atoms with van der Waals surface area (Å²) < 4.78 is 9.61. The fourth-order valence-electron chi connectivity index (χ4n) is 3.51. The average Bonchev–Trinajstić information content (AvgIpc) is 3.14. The quantitative estimate of drug-likeness (QED) is 0.398. The summed E-state index contributed by atoms with van der Waals surface area (Å²) in [5.74, 6) is 1.05. The highest BCUT2D eigenvalue weighted by molar-refractivity contribution is 6.00. The molecule has 134 valence electrons. The maximum atomic E-state index is 11.6. The summed E-state index contributed by atoms with van der Waals surface area (Å²) in [6.07, 6.45) is 5.24. The number of aromatic nitrogens is 4. The van der Waals surface area contributed by atoms with E-state index in [1.807, 2.05) is 41.8 Å². The number of hydrogen-bond acceptors (Lipinski definition) is 4. The Bertz CT molecular complexity index is 1120. The fraction of sp³-hybridized carbons (Fsp3) is 0.350. The van der Waals surface area contributed by atoms with Gasteiger partial charge in [0.2, 0.25) is 0 Å². The fourth-order valence-corrected chi connectivity index (χ4v) is 3.51. The van der Waals surface area contributed by atoms with Gasteiger partial charge >= 0.3 is 5.97 Å². The zero-order chi connectivity index (χ0) is 18.3. The van der Waals surface area contributed by atoms with Crippen LogP contribution in [-0.2, 0) is 11.3 Å². The van der Waals surface area contributed by atoms with Gasteiger partial charge in [-0.2, -0.15) is 0 Å². The lowest BCUT2D eigenvalue weighted by Gasteiger charge is -2.06. The second-order valence-corrected chi connectivity index (χ2v) is 6.60. The monoisotopic (exact) mass is 350 g/mol. The van der Waals surface area contributed by atoms with Gasteiger partial charge in [-0.1, -0.05) is 31.9 Å². The Kier molecular flexibility index (Phi) is 4.11. The largest absolute Gasteiger partial charge is 0.424 e. The highest BCUT2D eigenvalue weighted by atomic mass is 16.5. The van der Waals surface area contributed by atoms with Crippen molar-refractivity contribution in [3.63, 3.8) is 0 Å². The predicted molar refractivity (Wildman–Crippen MR) is 102 cm³/mol. The second kappa shape index (κ2) is 6.44. The third kappa shape index (κ3) is 2.62. The van der Waals surface area contributed by atoms with E-state index in [1.54, 1.807) is 0 Å². The van der Waals surface area contributed by atoms with E-state index in [0.29, 0.717) is 5.75 Å². The summed E-state index contributed by atoms with van der Waals surface area (Å²) in [5.41, 5.74) is 3.50. The highest BCUT2D eigenvalue weighted by Gasteiger charge is 2.20. The lowest BCUT2D eigenvalue weighted by molar-refractivity contribution is -0.131. The zero-order valence-corrected chi connectivity index (χ0v) is 15.3. The number of rotatable bonds is 5. The number of carbonyl (C=O) groups excluding carboxylic acids is 1. The van der Waals surface area contributed by atoms with E-state index in [2.05, 4.69) is 11.5 Å². The molecule has 0 saturated heterocycles. The highest BCUT2D eigenvalue weighted by Crippen LogP contribution is 2.33. The molecule has 0 N–H and O–H groups in total. The summed E-state index contributed by atoms with van der Waals surface area (Å²) in [4.78, 5) is 21.3. The van der Waals surface area contributed by atoms with Crippen molar-refractivity contribution in [3.8, 4) is 5.75 Å². The van der Waals surface area contributed by atoms with E-state index in [-0.39, 0.29) is 5.97 Å². The Balaban J connectivity index is 2.03. The van der Waals surface area contributed by atoms with Crippen LogP contribution in [0.4, 0.5) is 0 Å². The second-order valence-electron chi connectivity index (χ2n) is 6.60. The maximum absolute atomic E-state index is 11.6. The number of nitrogens with zero attached hydrogens (tertiary/aromatic N) is 4. The third-order valence-corrected chi connectivity index (χ3v) is 4.65. The molecule has 4 rings (SSSR count). The molecule has 26 heavy (non-hydrogen) atoms. The van der Waals surface area contributed by atoms with Crippen molar-refractivity contribution in [2.24, 2.45) is 0 Å². The Hall–Kier alpha value is -2.89. The first-order chi connectivity index (χ1) is 12.6. The Labute approximate surface area is 151 Å². The van der Waals surface area contributed by atoms with Crippen LogP contribution in [0, 0.1) is 6.92 Å². The number of esters is 1. The number of aryl methyl sites for hydroxylation is 2. The number of para-hydroxylation sites is 2. The van der Waals surface area contributed by atoms with Crippen LogP contribution in [0.3, 0.4) is 0 Å². The van der Waals surface area contributed by atoms with Gasteiger partial charge in [-0.15, -0.1) is 0 Å². The summed E-state index contributed by atoms with van der Waals surface area (Å²) in [6.45, 7) is 6.42. The topological polar surface area (TPSA) is 61.4 Å². The van der Waals surface area contributed by atoms with Crippen LogP contribution in [0.5, 0.6) is 5.75 Å². The van der Waals surface area contributed by atoms with Crippen LogP contribution < -0.4 is 4.74 Å². The van der Waals surface area contributed by atoms with Crippen molar-refractivity contribution in [1.82, 2.24) is 18.9 Å². The minimum atomic E-state index is -0.340. The number of ether oxygens (including phenoxy) is 1. The molecular weight excluding hydrogens is 328 g/mol. The van der Waals surface area contributed by atoms with Crippen LogP contribution in [0.25, 0.3) is 27.7 Å². The molecule has 0 aliphatic carbocycles. The Morgan fingerprint density at radius 2 is 1.96 bits per heavy atom. The summed E-state index contributed by atoms with van der Waals surface area (Å²) in [6, 6.07) is 7.97. The lowest BCUT2D eigenvalue weighted by Crippen LogP contribution is -2.02. The van der Waals surface area contributed by atoms with Gasteiger partial charge < -0.3 is 9.30 Å². The number of fused-ring (bicyclic) bond motifs is 5. The lowest BCUT2D eigenvalue weighted by atomic mass is 10.2. The van der Waals surface area contributed by atoms with E-state index in [1.165, 1.54) is 6.92 Å². The van der Waals surface area contributed by atoms with E-state index < -0.39 is 0 Å². The van der Waals surface area contributed by atoms with Crippen LogP contribution in [-0.4, -0.2) is 24.9 Å². The first-order valence-corrected chi connectivity index (χ1v) is 9.05. The molecule has 0 bridgehead atoms. The smallest absolute Gasteiger partial charge is 0.308 e. The normalized spacial score (nSPS) is 11.7. The van der Waals surface area contributed by atoms with E-state index in [9.17, 15) is 4.79 Å². The molecule has 4 aromatic rings. The molecule has 3 aromatic heterocycles. The molecule has 1 aromatic carbocycles. The SMILES string of the molecule is CCCCCn1cc(OC(C)=O)c2c1nc(C)n1c3ccccc3nc21. The molecular formula is C20H22N4O2. The molecule has 0 aliphatic rings. The van der Waals surface area contributed by atoms with Gasteiger partial charge in [-0.05, 0) is 25.5 Å². The standard InChI is InChI=1S/C20H22N4O2/c1-4-5-8-11-23-12-17(26-14(3)25)18-19(23)21-13(2)24-16-10-7-6-9-15(16)22-20(18)24/h6-7,9-10,12H,4-5,8,11H2,1-3H3. The minimum Gasteiger partial charge on any atom is -0.424 e. The number of benzene rings is 1. The molecule has 0 amide bonds. The molecule has 0 radical (unpaired) electrons. The minimum absolute atomic E-state index is 0.340. The van der Waals surface area contributed by atoms with Gasteiger partial charge in [0.25, 0.3) is 0 Å². The molecule has 0 aliphatic heterocycles. The molecule has 6 nitrogen and oxygen atoms in total. The van der Waals surface area contributed by atoms with Crippen molar-refractivity contribution < 1.29 is 9.53 Å². The van der Waals surface area contributed by atoms with Crippen molar-refractivity contribution >= 4 is 33.7 Å². The summed E-state index contributed by atoms with van der Waals surface area (Å²) in [5, 5.41) is 0.790. The molecule has 0 saturated carbocycles. The molecule has 0 spiro atoms. The number of hydrogen-bond donors (Lipinski definition) is 0. The Morgan fingerprint density at radius 1 is 1.15 bits per heavy atom. The van der Waals surface area contributed by atoms with Gasteiger partial charge in [0.05, 0.1) is 11.0 Å². The summed E-state index contributed by atoms with van der Waals surface area (Å²) in [7, 11) is 0. The van der Waals surface area contributed by atoms with Crippen LogP contribution in [0.2, 0.25) is 0 Å². The number of carbonyl (C=O) groups is 1. The van der Waals surface area contributed by atoms with Gasteiger partial charge in [0, 0.05) is 19.7 Å². The van der Waals surface area contributed by atoms with Crippen LogP contribution >= 0.6 is 0 Å². The first kappa shape index (κ1) is 16.6. The molecule has 3 heterocycles. The number of unbranched alkanes of at least 4 members (excludes halogenated alkanes) is 2. The van der Waals surface area contributed by atoms with Crippen molar-refractivity contribution in [2.75, 3.05) is 0 Å². The van der Waals surface area contributed by atoms with E-state index in [4.69, 9.17) is 14.7 Å². The van der Waals surface area contributed by atoms with Gasteiger partial charge in [-0.3, -0.25) is 9.20 Å². The number of imidazole rings is 1. The third-order valence-electron chi connectivity index (χ3n) is 4.65. The van der Waals surface area contributed by atoms with Crippen molar-refractivity contribution in [3.05, 3.63) is 36.3 Å². The zero-order valence-electron chi connectivity index (χ0n) is 15.3. The van der Waals surface area contributed by atoms with Crippen LogP contribution in [0.1, 0.15) is 38.9 Å². The van der Waals surface area contributed by atoms with Gasteiger partial charge in [0.1, 0.15) is 16.9 Å². The summed E-state index contributed by atoms with van der Waals surface area (Å²) >= 11 is 0. The predicted octanol–water partition coefficient (Wildman–Crippen LogP) is 4.26. The average molecular weight is 350 g/mol. The van der Waals surface area contributed by atoms with Crippen LogP contribution in [0.15, 0.2) is 30.5 Å². The maximum Gasteiger partial charge on any atom is 0.308 e.